The molecule has 1 unspecified atom stereocenters. The number of piperidine rings is 1. The first kappa shape index (κ1) is 14.9. The van der Waals surface area contributed by atoms with Gasteiger partial charge in [0.15, 0.2) is 0 Å². The van der Waals surface area contributed by atoms with Crippen molar-refractivity contribution in [2.45, 2.75) is 58.0 Å². The Hall–Kier alpha value is -0.120. The molecule has 0 amide bonds. The molecule has 1 saturated heterocycles. The fourth-order valence-corrected chi connectivity index (χ4v) is 2.24. The van der Waals surface area contributed by atoms with Crippen molar-refractivity contribution in [3.05, 3.63) is 0 Å². The van der Waals surface area contributed by atoms with E-state index < -0.39 is 0 Å². The first-order valence-corrected chi connectivity index (χ1v) is 7.34. The van der Waals surface area contributed by atoms with Crippen LogP contribution in [0, 0.1) is 0 Å². The van der Waals surface area contributed by atoms with E-state index in [2.05, 4.69) is 36.4 Å². The molecule has 0 saturated carbocycles. The minimum absolute atomic E-state index is 0.675. The fourth-order valence-electron chi connectivity index (χ4n) is 2.24. The summed E-state index contributed by atoms with van der Waals surface area (Å²) in [4.78, 5) is 2.42. The third-order valence-corrected chi connectivity index (χ3v) is 3.80. The molecule has 1 heterocycles. The highest BCUT2D eigenvalue weighted by molar-refractivity contribution is 4.74. The van der Waals surface area contributed by atoms with Gasteiger partial charge in [-0.2, -0.15) is 0 Å². The molecular weight excluding hydrogens is 210 g/mol. The van der Waals surface area contributed by atoms with Crippen LogP contribution in [0.5, 0.6) is 0 Å². The van der Waals surface area contributed by atoms with Gasteiger partial charge in [0, 0.05) is 18.6 Å². The van der Waals surface area contributed by atoms with E-state index in [0.29, 0.717) is 6.04 Å². The number of rotatable bonds is 8. The quantitative estimate of drug-likeness (QED) is 0.635. The van der Waals surface area contributed by atoms with Gasteiger partial charge in [-0.15, -0.1) is 0 Å². The predicted molar refractivity (Wildman–Crippen MR) is 75.5 cm³/mol. The maximum Gasteiger partial charge on any atom is 0.0192 e. The molecule has 1 atom stereocenters. The lowest BCUT2D eigenvalue weighted by atomic mass is 10.1. The highest BCUT2D eigenvalue weighted by Crippen LogP contribution is 2.05. The van der Waals surface area contributed by atoms with Crippen molar-refractivity contribution in [3.63, 3.8) is 0 Å². The zero-order chi connectivity index (χ0) is 12.5. The van der Waals surface area contributed by atoms with Crippen molar-refractivity contribution in [3.8, 4) is 0 Å². The third kappa shape index (κ3) is 7.02. The van der Waals surface area contributed by atoms with Gasteiger partial charge in [-0.05, 0) is 66.2 Å². The summed E-state index contributed by atoms with van der Waals surface area (Å²) in [6, 6.07) is 1.40. The number of unbranched alkanes of at least 4 members (excludes halogenated alkanes) is 1. The van der Waals surface area contributed by atoms with Crippen LogP contribution in [0.1, 0.15) is 46.0 Å². The first-order valence-electron chi connectivity index (χ1n) is 7.34. The fraction of sp³-hybridized carbons (Fsp3) is 1.00. The van der Waals surface area contributed by atoms with Gasteiger partial charge in [0.25, 0.3) is 0 Å². The third-order valence-electron chi connectivity index (χ3n) is 3.80. The molecule has 1 rings (SSSR count). The molecule has 102 valence electrons. The van der Waals surface area contributed by atoms with Crippen LogP contribution in [0.4, 0.5) is 0 Å². The molecule has 17 heavy (non-hydrogen) atoms. The molecule has 1 fully saturated rings. The van der Waals surface area contributed by atoms with Gasteiger partial charge in [-0.25, -0.2) is 0 Å². The van der Waals surface area contributed by atoms with Gasteiger partial charge in [0.05, 0.1) is 0 Å². The summed E-state index contributed by atoms with van der Waals surface area (Å²) < 4.78 is 0. The van der Waals surface area contributed by atoms with E-state index in [4.69, 9.17) is 0 Å². The van der Waals surface area contributed by atoms with Crippen molar-refractivity contribution in [1.82, 2.24) is 15.5 Å². The zero-order valence-corrected chi connectivity index (χ0v) is 12.0. The Morgan fingerprint density at radius 3 is 2.76 bits per heavy atom. The van der Waals surface area contributed by atoms with Gasteiger partial charge in [0.2, 0.25) is 0 Å². The van der Waals surface area contributed by atoms with Crippen molar-refractivity contribution in [2.24, 2.45) is 0 Å². The largest absolute Gasteiger partial charge is 0.315 e. The number of hydrogen-bond donors (Lipinski definition) is 2. The molecular formula is C14H31N3. The van der Waals surface area contributed by atoms with Gasteiger partial charge >= 0.3 is 0 Å². The summed E-state index contributed by atoms with van der Waals surface area (Å²) >= 11 is 0. The van der Waals surface area contributed by atoms with Crippen LogP contribution in [-0.2, 0) is 0 Å². The highest BCUT2D eigenvalue weighted by atomic mass is 15.1. The molecule has 0 bridgehead atoms. The van der Waals surface area contributed by atoms with Crippen molar-refractivity contribution in [2.75, 3.05) is 33.2 Å². The summed E-state index contributed by atoms with van der Waals surface area (Å²) in [7, 11) is 2.21. The molecule has 0 spiro atoms. The van der Waals surface area contributed by atoms with Gasteiger partial charge in [0.1, 0.15) is 0 Å². The molecule has 1 aliphatic heterocycles. The Balaban J connectivity index is 1.87. The smallest absolute Gasteiger partial charge is 0.0192 e. The van der Waals surface area contributed by atoms with E-state index in [9.17, 15) is 0 Å². The van der Waals surface area contributed by atoms with Crippen LogP contribution in [0.2, 0.25) is 0 Å². The molecule has 0 radical (unpaired) electrons. The molecule has 2 N–H and O–H groups in total. The Bertz CT molecular complexity index is 176. The predicted octanol–water partition coefficient (Wildman–Crippen LogP) is 1.84. The lowest BCUT2D eigenvalue weighted by molar-refractivity contribution is 0.267. The van der Waals surface area contributed by atoms with Crippen LogP contribution in [-0.4, -0.2) is 50.2 Å². The van der Waals surface area contributed by atoms with Gasteiger partial charge in [-0.3, -0.25) is 0 Å². The second-order valence-electron chi connectivity index (χ2n) is 5.63. The molecule has 0 aromatic heterocycles. The van der Waals surface area contributed by atoms with E-state index in [1.54, 1.807) is 0 Å². The summed E-state index contributed by atoms with van der Waals surface area (Å²) in [5.41, 5.74) is 0. The molecule has 1 aliphatic rings. The SMILES string of the molecule is CC(C)N(C)CCCCNCC1CCCCN1. The van der Waals surface area contributed by atoms with Crippen molar-refractivity contribution in [1.29, 1.82) is 0 Å². The Morgan fingerprint density at radius 1 is 1.29 bits per heavy atom. The zero-order valence-electron chi connectivity index (χ0n) is 12.0. The summed E-state index contributed by atoms with van der Waals surface area (Å²) in [5.74, 6) is 0. The van der Waals surface area contributed by atoms with E-state index in [-0.39, 0.29) is 0 Å². The standard InChI is InChI=1S/C14H31N3/c1-13(2)17(3)11-7-6-9-15-12-14-8-4-5-10-16-14/h13-16H,4-12H2,1-3H3. The van der Waals surface area contributed by atoms with Crippen LogP contribution >= 0.6 is 0 Å². The summed E-state index contributed by atoms with van der Waals surface area (Å²) in [5, 5.41) is 7.15. The average Bonchev–Trinajstić information content (AvgIpc) is 2.34. The number of nitrogens with zero attached hydrogens (tertiary/aromatic N) is 1. The summed E-state index contributed by atoms with van der Waals surface area (Å²) in [6.07, 6.45) is 6.71. The molecule has 3 heteroatoms. The van der Waals surface area contributed by atoms with E-state index >= 15 is 0 Å². The maximum absolute atomic E-state index is 3.58. The molecule has 3 nitrogen and oxygen atoms in total. The monoisotopic (exact) mass is 241 g/mol. The normalized spacial score (nSPS) is 21.4. The molecule has 0 aromatic carbocycles. The Kier molecular flexibility index (Phi) is 7.82. The molecule has 0 aromatic rings. The first-order chi connectivity index (χ1) is 8.20. The van der Waals surface area contributed by atoms with Gasteiger partial charge in [-0.1, -0.05) is 6.42 Å². The highest BCUT2D eigenvalue weighted by Gasteiger charge is 2.11. The van der Waals surface area contributed by atoms with Crippen LogP contribution in [0.25, 0.3) is 0 Å². The second-order valence-corrected chi connectivity index (χ2v) is 5.63. The Morgan fingerprint density at radius 2 is 2.12 bits per heavy atom. The number of hydrogen-bond acceptors (Lipinski definition) is 3. The van der Waals surface area contributed by atoms with Crippen LogP contribution in [0.15, 0.2) is 0 Å². The minimum Gasteiger partial charge on any atom is -0.315 e. The lowest BCUT2D eigenvalue weighted by Gasteiger charge is -2.24. The van der Waals surface area contributed by atoms with E-state index in [1.807, 2.05) is 0 Å². The maximum atomic E-state index is 3.58. The van der Waals surface area contributed by atoms with E-state index in [1.165, 1.54) is 51.7 Å². The topological polar surface area (TPSA) is 27.3 Å². The van der Waals surface area contributed by atoms with E-state index in [0.717, 1.165) is 12.6 Å². The molecule has 0 aliphatic carbocycles. The van der Waals surface area contributed by atoms with Gasteiger partial charge < -0.3 is 15.5 Å². The number of nitrogens with one attached hydrogen (secondary N) is 2. The average molecular weight is 241 g/mol. The van der Waals surface area contributed by atoms with Crippen LogP contribution in [0.3, 0.4) is 0 Å². The second kappa shape index (κ2) is 8.90. The lowest BCUT2D eigenvalue weighted by Crippen LogP contribution is -2.42. The summed E-state index contributed by atoms with van der Waals surface area (Å²) in [6.45, 7) is 9.27. The Labute approximate surface area is 107 Å². The van der Waals surface area contributed by atoms with Crippen LogP contribution < -0.4 is 10.6 Å². The van der Waals surface area contributed by atoms with Crippen molar-refractivity contribution < 1.29 is 0 Å². The van der Waals surface area contributed by atoms with Crippen molar-refractivity contribution >= 4 is 0 Å². The minimum atomic E-state index is 0.675.